The molecule has 1 N–H and O–H groups in total. The number of aliphatic hydroxyl groups is 1. The largest absolute Gasteiger partial charge is 0.392 e. The van der Waals surface area contributed by atoms with Crippen molar-refractivity contribution in [2.24, 2.45) is 0 Å². The van der Waals surface area contributed by atoms with E-state index in [1.807, 2.05) is 12.1 Å². The summed E-state index contributed by atoms with van der Waals surface area (Å²) in [5.41, 5.74) is 4.90. The molecule has 2 aromatic rings. The first-order chi connectivity index (χ1) is 9.08. The number of aryl methyl sites for hydroxylation is 2. The van der Waals surface area contributed by atoms with Crippen LogP contribution in [-0.4, -0.2) is 5.11 Å². The van der Waals surface area contributed by atoms with Crippen LogP contribution in [0.5, 0.6) is 0 Å². The van der Waals surface area contributed by atoms with Crippen LogP contribution >= 0.6 is 27.7 Å². The van der Waals surface area contributed by atoms with Crippen molar-refractivity contribution in [1.82, 2.24) is 0 Å². The van der Waals surface area contributed by atoms with Gasteiger partial charge in [-0.2, -0.15) is 0 Å². The molecule has 0 amide bonds. The Labute approximate surface area is 127 Å². The topological polar surface area (TPSA) is 20.2 Å². The molecule has 3 heteroatoms. The lowest BCUT2D eigenvalue weighted by Crippen LogP contribution is -1.90. The Kier molecular flexibility index (Phi) is 5.08. The molecule has 0 radical (unpaired) electrons. The number of aliphatic hydroxyl groups excluding tert-OH is 1. The zero-order valence-electron chi connectivity index (χ0n) is 11.1. The van der Waals surface area contributed by atoms with E-state index in [9.17, 15) is 5.11 Å². The van der Waals surface area contributed by atoms with Gasteiger partial charge in [-0.25, -0.2) is 0 Å². The van der Waals surface area contributed by atoms with Crippen LogP contribution in [0.4, 0.5) is 0 Å². The number of hydrogen-bond donors (Lipinski definition) is 1. The number of rotatable bonds is 4. The summed E-state index contributed by atoms with van der Waals surface area (Å²) in [6.45, 7) is 4.33. The normalized spacial score (nSPS) is 10.7. The third-order valence-corrected chi connectivity index (χ3v) is 4.55. The maximum absolute atomic E-state index is 9.39. The standard InChI is InChI=1S/C16H17BrOS/c1-11-5-12(2)7-13(6-11)10-19-16-4-3-15(17)8-14(16)9-18/h3-8,18H,9-10H2,1-2H3. The smallest absolute Gasteiger partial charge is 0.0693 e. The highest BCUT2D eigenvalue weighted by atomic mass is 79.9. The van der Waals surface area contributed by atoms with Crippen LogP contribution in [0, 0.1) is 13.8 Å². The molecule has 2 rings (SSSR count). The van der Waals surface area contributed by atoms with E-state index in [-0.39, 0.29) is 6.61 Å². The van der Waals surface area contributed by atoms with Gasteiger partial charge in [0.05, 0.1) is 6.61 Å². The van der Waals surface area contributed by atoms with E-state index in [4.69, 9.17) is 0 Å². The van der Waals surface area contributed by atoms with Gasteiger partial charge in [-0.3, -0.25) is 0 Å². The Morgan fingerprint density at radius 1 is 1.05 bits per heavy atom. The molecule has 0 spiro atoms. The van der Waals surface area contributed by atoms with Gasteiger partial charge in [-0.15, -0.1) is 11.8 Å². The van der Waals surface area contributed by atoms with Crippen molar-refractivity contribution >= 4 is 27.7 Å². The molecular weight excluding hydrogens is 320 g/mol. The fraction of sp³-hybridized carbons (Fsp3) is 0.250. The van der Waals surface area contributed by atoms with Crippen LogP contribution in [0.1, 0.15) is 22.3 Å². The van der Waals surface area contributed by atoms with E-state index in [0.29, 0.717) is 0 Å². The summed E-state index contributed by atoms with van der Waals surface area (Å²) >= 11 is 5.20. The second-order valence-electron chi connectivity index (χ2n) is 4.69. The first-order valence-electron chi connectivity index (χ1n) is 6.18. The summed E-state index contributed by atoms with van der Waals surface area (Å²) in [5, 5.41) is 9.39. The van der Waals surface area contributed by atoms with E-state index in [0.717, 1.165) is 20.7 Å². The average Bonchev–Trinajstić information content (AvgIpc) is 2.36. The molecule has 0 aliphatic rings. The van der Waals surface area contributed by atoms with Gasteiger partial charge in [0.15, 0.2) is 0 Å². The van der Waals surface area contributed by atoms with Crippen molar-refractivity contribution in [1.29, 1.82) is 0 Å². The third-order valence-electron chi connectivity index (χ3n) is 2.87. The highest BCUT2D eigenvalue weighted by molar-refractivity contribution is 9.10. The predicted octanol–water partition coefficient (Wildman–Crippen LogP) is 4.85. The monoisotopic (exact) mass is 336 g/mol. The Morgan fingerprint density at radius 2 is 1.74 bits per heavy atom. The molecule has 0 aromatic heterocycles. The summed E-state index contributed by atoms with van der Waals surface area (Å²) in [4.78, 5) is 1.14. The van der Waals surface area contributed by atoms with E-state index < -0.39 is 0 Å². The summed E-state index contributed by atoms with van der Waals surface area (Å²) in [6, 6.07) is 12.7. The minimum absolute atomic E-state index is 0.0780. The van der Waals surface area contributed by atoms with Crippen LogP contribution < -0.4 is 0 Å². The van der Waals surface area contributed by atoms with E-state index >= 15 is 0 Å². The molecule has 100 valence electrons. The first-order valence-corrected chi connectivity index (χ1v) is 7.95. The zero-order valence-corrected chi connectivity index (χ0v) is 13.5. The van der Waals surface area contributed by atoms with Gasteiger partial charge in [0.25, 0.3) is 0 Å². The van der Waals surface area contributed by atoms with Crippen molar-refractivity contribution in [2.45, 2.75) is 31.1 Å². The van der Waals surface area contributed by atoms with Gasteiger partial charge in [-0.1, -0.05) is 45.3 Å². The summed E-state index contributed by atoms with van der Waals surface area (Å²) < 4.78 is 1.01. The molecule has 0 atom stereocenters. The van der Waals surface area contributed by atoms with Gasteiger partial charge in [-0.05, 0) is 43.2 Å². The molecule has 0 saturated carbocycles. The van der Waals surface area contributed by atoms with Crippen LogP contribution in [0.25, 0.3) is 0 Å². The van der Waals surface area contributed by atoms with Crippen molar-refractivity contribution in [3.63, 3.8) is 0 Å². The van der Waals surface area contributed by atoms with Gasteiger partial charge >= 0.3 is 0 Å². The second kappa shape index (κ2) is 6.60. The average molecular weight is 337 g/mol. The minimum atomic E-state index is 0.0780. The maximum atomic E-state index is 9.39. The van der Waals surface area contributed by atoms with Gasteiger partial charge in [0.1, 0.15) is 0 Å². The van der Waals surface area contributed by atoms with Crippen molar-refractivity contribution in [2.75, 3.05) is 0 Å². The number of thioether (sulfide) groups is 1. The lowest BCUT2D eigenvalue weighted by Gasteiger charge is -2.09. The Morgan fingerprint density at radius 3 is 2.37 bits per heavy atom. The fourth-order valence-electron chi connectivity index (χ4n) is 2.13. The first kappa shape index (κ1) is 14.6. The second-order valence-corrected chi connectivity index (χ2v) is 6.63. The number of halogens is 1. The van der Waals surface area contributed by atoms with E-state index in [1.54, 1.807) is 11.8 Å². The lowest BCUT2D eigenvalue weighted by atomic mass is 10.1. The SMILES string of the molecule is Cc1cc(C)cc(CSc2ccc(Br)cc2CO)c1. The molecule has 1 nitrogen and oxygen atoms in total. The molecule has 0 aliphatic carbocycles. The van der Waals surface area contributed by atoms with Gasteiger partial charge in [0, 0.05) is 15.1 Å². The maximum Gasteiger partial charge on any atom is 0.0693 e. The molecule has 0 bridgehead atoms. The fourth-order valence-corrected chi connectivity index (χ4v) is 3.50. The molecule has 19 heavy (non-hydrogen) atoms. The molecular formula is C16H17BrOS. The van der Waals surface area contributed by atoms with E-state index in [2.05, 4.69) is 54.0 Å². The molecule has 0 fully saturated rings. The predicted molar refractivity (Wildman–Crippen MR) is 85.5 cm³/mol. The molecule has 0 aliphatic heterocycles. The molecule has 0 unspecified atom stereocenters. The van der Waals surface area contributed by atoms with E-state index in [1.165, 1.54) is 16.7 Å². The van der Waals surface area contributed by atoms with Crippen molar-refractivity contribution in [3.05, 3.63) is 63.1 Å². The number of benzene rings is 2. The Bertz CT molecular complexity index is 561. The van der Waals surface area contributed by atoms with Crippen LogP contribution in [0.15, 0.2) is 45.8 Å². The van der Waals surface area contributed by atoms with Crippen LogP contribution in [-0.2, 0) is 12.4 Å². The minimum Gasteiger partial charge on any atom is -0.392 e. The highest BCUT2D eigenvalue weighted by Crippen LogP contribution is 2.29. The quantitative estimate of drug-likeness (QED) is 0.805. The van der Waals surface area contributed by atoms with Crippen LogP contribution in [0.2, 0.25) is 0 Å². The highest BCUT2D eigenvalue weighted by Gasteiger charge is 2.04. The van der Waals surface area contributed by atoms with Gasteiger partial charge in [0.2, 0.25) is 0 Å². The van der Waals surface area contributed by atoms with Crippen molar-refractivity contribution < 1.29 is 5.11 Å². The molecule has 0 saturated heterocycles. The van der Waals surface area contributed by atoms with Crippen LogP contribution in [0.3, 0.4) is 0 Å². The Balaban J connectivity index is 2.14. The summed E-state index contributed by atoms with van der Waals surface area (Å²) in [6.07, 6.45) is 0. The summed E-state index contributed by atoms with van der Waals surface area (Å²) in [7, 11) is 0. The summed E-state index contributed by atoms with van der Waals surface area (Å²) in [5.74, 6) is 0.928. The third kappa shape index (κ3) is 4.10. The molecule has 0 heterocycles. The molecule has 2 aromatic carbocycles. The zero-order chi connectivity index (χ0) is 13.8. The number of hydrogen-bond acceptors (Lipinski definition) is 2. The lowest BCUT2D eigenvalue weighted by molar-refractivity contribution is 0.279. The Hall–Kier alpha value is -0.770. The van der Waals surface area contributed by atoms with Gasteiger partial charge < -0.3 is 5.11 Å². The van der Waals surface area contributed by atoms with Crippen molar-refractivity contribution in [3.8, 4) is 0 Å².